The molecule has 24 heavy (non-hydrogen) atoms. The number of hydrogen-bond acceptors (Lipinski definition) is 5. The van der Waals surface area contributed by atoms with Crippen molar-refractivity contribution in [1.82, 2.24) is 15.6 Å². The molecule has 2 amide bonds. The lowest BCUT2D eigenvalue weighted by Crippen LogP contribution is -2.40. The molecule has 0 radical (unpaired) electrons. The third-order valence-corrected chi connectivity index (χ3v) is 3.15. The summed E-state index contributed by atoms with van der Waals surface area (Å²) >= 11 is 0. The van der Waals surface area contributed by atoms with Crippen LogP contribution >= 0.6 is 0 Å². The molecule has 7 nitrogen and oxygen atoms in total. The monoisotopic (exact) mass is 329 g/mol. The number of carbonyl (C=O) groups is 2. The summed E-state index contributed by atoms with van der Waals surface area (Å²) in [6.07, 6.45) is 2.37. The van der Waals surface area contributed by atoms with Crippen molar-refractivity contribution in [2.75, 3.05) is 13.1 Å². The molecule has 1 unspecified atom stereocenters. The summed E-state index contributed by atoms with van der Waals surface area (Å²) in [4.78, 5) is 27.6. The van der Waals surface area contributed by atoms with Crippen LogP contribution in [0.5, 0.6) is 11.5 Å². The number of aromatic hydroxyl groups is 1. The van der Waals surface area contributed by atoms with E-state index in [0.29, 0.717) is 17.9 Å². The van der Waals surface area contributed by atoms with E-state index in [1.165, 1.54) is 18.3 Å². The van der Waals surface area contributed by atoms with Crippen molar-refractivity contribution in [1.29, 1.82) is 0 Å². The molecule has 0 saturated heterocycles. The Morgan fingerprint density at radius 2 is 1.88 bits per heavy atom. The number of benzene rings is 1. The number of phenolic OH excluding ortho intramolecular Hbond substituents is 1. The van der Waals surface area contributed by atoms with Crippen LogP contribution in [0.25, 0.3) is 0 Å². The van der Waals surface area contributed by atoms with Crippen molar-refractivity contribution in [3.8, 4) is 11.5 Å². The Hall–Kier alpha value is -3.09. The van der Waals surface area contributed by atoms with Crippen LogP contribution in [0, 0.1) is 0 Å². The standard InChI is InChI=1S/C17H19N3O4/c1-12(24-15-6-4-14(21)5-7-15)16(22)19-9-10-20-17(23)13-3-2-8-18-11-13/h2-8,11-12,21H,9-10H2,1H3,(H,19,22)(H,20,23). The van der Waals surface area contributed by atoms with E-state index in [1.54, 1.807) is 37.4 Å². The lowest BCUT2D eigenvalue weighted by atomic mass is 10.3. The smallest absolute Gasteiger partial charge is 0.260 e. The summed E-state index contributed by atoms with van der Waals surface area (Å²) in [5, 5.41) is 14.6. The number of amides is 2. The SMILES string of the molecule is CC(Oc1ccc(O)cc1)C(=O)NCCNC(=O)c1cccnc1. The van der Waals surface area contributed by atoms with Crippen LogP contribution in [0.1, 0.15) is 17.3 Å². The summed E-state index contributed by atoms with van der Waals surface area (Å²) in [6, 6.07) is 9.45. The van der Waals surface area contributed by atoms with Crippen molar-refractivity contribution in [3.05, 3.63) is 54.4 Å². The highest BCUT2D eigenvalue weighted by Crippen LogP contribution is 2.17. The number of nitrogens with zero attached hydrogens (tertiary/aromatic N) is 1. The van der Waals surface area contributed by atoms with Gasteiger partial charge in [-0.3, -0.25) is 14.6 Å². The molecule has 0 bridgehead atoms. The quantitative estimate of drug-likeness (QED) is 0.661. The average Bonchev–Trinajstić information content (AvgIpc) is 2.61. The Labute approximate surface area is 139 Å². The molecule has 1 atom stereocenters. The molecule has 0 fully saturated rings. The highest BCUT2D eigenvalue weighted by molar-refractivity contribution is 5.93. The van der Waals surface area contributed by atoms with Gasteiger partial charge in [0.05, 0.1) is 5.56 Å². The normalized spacial score (nSPS) is 11.4. The molecule has 0 aliphatic heterocycles. The van der Waals surface area contributed by atoms with Gasteiger partial charge in [-0.1, -0.05) is 0 Å². The molecule has 0 saturated carbocycles. The Balaban J connectivity index is 1.69. The van der Waals surface area contributed by atoms with Crippen LogP contribution in [-0.4, -0.2) is 41.1 Å². The predicted octanol–water partition coefficient (Wildman–Crippen LogP) is 1.10. The fraction of sp³-hybridized carbons (Fsp3) is 0.235. The van der Waals surface area contributed by atoms with Crippen molar-refractivity contribution in [3.63, 3.8) is 0 Å². The second kappa shape index (κ2) is 8.52. The maximum Gasteiger partial charge on any atom is 0.260 e. The van der Waals surface area contributed by atoms with E-state index >= 15 is 0 Å². The number of pyridine rings is 1. The van der Waals surface area contributed by atoms with Gasteiger partial charge in [0.1, 0.15) is 11.5 Å². The second-order valence-corrected chi connectivity index (χ2v) is 5.04. The minimum Gasteiger partial charge on any atom is -0.508 e. The number of aromatic nitrogens is 1. The van der Waals surface area contributed by atoms with Crippen LogP contribution in [0.15, 0.2) is 48.8 Å². The van der Waals surface area contributed by atoms with Gasteiger partial charge in [-0.25, -0.2) is 0 Å². The summed E-state index contributed by atoms with van der Waals surface area (Å²) < 4.78 is 5.46. The number of ether oxygens (including phenoxy) is 1. The van der Waals surface area contributed by atoms with Gasteiger partial charge in [0, 0.05) is 25.5 Å². The molecular formula is C17H19N3O4. The van der Waals surface area contributed by atoms with Crippen LogP contribution in [0.2, 0.25) is 0 Å². The van der Waals surface area contributed by atoms with E-state index < -0.39 is 6.10 Å². The molecule has 0 aliphatic carbocycles. The summed E-state index contributed by atoms with van der Waals surface area (Å²) in [7, 11) is 0. The highest BCUT2D eigenvalue weighted by Gasteiger charge is 2.14. The van der Waals surface area contributed by atoms with Crippen molar-refractivity contribution in [2.45, 2.75) is 13.0 Å². The maximum atomic E-state index is 11.9. The first-order chi connectivity index (χ1) is 11.6. The van der Waals surface area contributed by atoms with Gasteiger partial charge in [-0.2, -0.15) is 0 Å². The molecular weight excluding hydrogens is 310 g/mol. The van der Waals surface area contributed by atoms with Gasteiger partial charge in [-0.15, -0.1) is 0 Å². The molecule has 1 heterocycles. The third-order valence-electron chi connectivity index (χ3n) is 3.15. The Kier molecular flexibility index (Phi) is 6.13. The van der Waals surface area contributed by atoms with E-state index in [2.05, 4.69) is 15.6 Å². The summed E-state index contributed by atoms with van der Waals surface area (Å²) in [5.74, 6) is 0.0774. The molecule has 0 spiro atoms. The van der Waals surface area contributed by atoms with Gasteiger partial charge in [0.2, 0.25) is 0 Å². The molecule has 0 aliphatic rings. The summed E-state index contributed by atoms with van der Waals surface area (Å²) in [6.45, 7) is 2.20. The molecule has 3 N–H and O–H groups in total. The largest absolute Gasteiger partial charge is 0.508 e. The summed E-state index contributed by atoms with van der Waals surface area (Å²) in [5.41, 5.74) is 0.466. The second-order valence-electron chi connectivity index (χ2n) is 5.04. The first-order valence-electron chi connectivity index (χ1n) is 7.48. The van der Waals surface area contributed by atoms with Crippen LogP contribution < -0.4 is 15.4 Å². The Morgan fingerprint density at radius 3 is 2.54 bits per heavy atom. The molecule has 1 aromatic carbocycles. The number of phenols is 1. The van der Waals surface area contributed by atoms with Gasteiger partial charge < -0.3 is 20.5 Å². The van der Waals surface area contributed by atoms with E-state index in [1.807, 2.05) is 0 Å². The zero-order valence-corrected chi connectivity index (χ0v) is 13.2. The topological polar surface area (TPSA) is 101 Å². The van der Waals surface area contributed by atoms with Crippen LogP contribution in [-0.2, 0) is 4.79 Å². The van der Waals surface area contributed by atoms with E-state index in [0.717, 1.165) is 0 Å². The fourth-order valence-electron chi connectivity index (χ4n) is 1.89. The predicted molar refractivity (Wildman–Crippen MR) is 87.8 cm³/mol. The maximum absolute atomic E-state index is 11.9. The Morgan fingerprint density at radius 1 is 1.17 bits per heavy atom. The van der Waals surface area contributed by atoms with Crippen molar-refractivity contribution >= 4 is 11.8 Å². The molecule has 2 aromatic rings. The lowest BCUT2D eigenvalue weighted by molar-refractivity contribution is -0.127. The molecule has 1 aromatic heterocycles. The number of nitrogens with one attached hydrogen (secondary N) is 2. The number of carbonyl (C=O) groups excluding carboxylic acids is 2. The minimum atomic E-state index is -0.691. The van der Waals surface area contributed by atoms with Gasteiger partial charge >= 0.3 is 0 Å². The molecule has 2 rings (SSSR count). The van der Waals surface area contributed by atoms with E-state index in [-0.39, 0.29) is 24.1 Å². The van der Waals surface area contributed by atoms with E-state index in [4.69, 9.17) is 4.74 Å². The number of hydrogen-bond donors (Lipinski definition) is 3. The number of rotatable bonds is 7. The molecule has 7 heteroatoms. The van der Waals surface area contributed by atoms with E-state index in [9.17, 15) is 14.7 Å². The van der Waals surface area contributed by atoms with Crippen molar-refractivity contribution < 1.29 is 19.4 Å². The zero-order chi connectivity index (χ0) is 17.4. The zero-order valence-electron chi connectivity index (χ0n) is 13.2. The van der Waals surface area contributed by atoms with Crippen LogP contribution in [0.3, 0.4) is 0 Å². The minimum absolute atomic E-state index is 0.129. The van der Waals surface area contributed by atoms with Gasteiger partial charge in [-0.05, 0) is 43.3 Å². The Bertz CT molecular complexity index is 674. The van der Waals surface area contributed by atoms with Crippen molar-refractivity contribution in [2.24, 2.45) is 0 Å². The highest BCUT2D eigenvalue weighted by atomic mass is 16.5. The average molecular weight is 329 g/mol. The molecule has 126 valence electrons. The lowest BCUT2D eigenvalue weighted by Gasteiger charge is -2.15. The third kappa shape index (κ3) is 5.28. The van der Waals surface area contributed by atoms with Gasteiger partial charge in [0.25, 0.3) is 11.8 Å². The first kappa shape index (κ1) is 17.3. The van der Waals surface area contributed by atoms with Crippen LogP contribution in [0.4, 0.5) is 0 Å². The fourth-order valence-corrected chi connectivity index (χ4v) is 1.89. The van der Waals surface area contributed by atoms with Gasteiger partial charge in [0.15, 0.2) is 6.10 Å². The first-order valence-corrected chi connectivity index (χ1v) is 7.48.